The number of carbonyl (C=O) groups is 1. The van der Waals surface area contributed by atoms with Crippen LogP contribution in [-0.2, 0) is 4.79 Å². The molecule has 0 bridgehead atoms. The first kappa shape index (κ1) is 17.7. The Morgan fingerprint density at radius 1 is 1.45 bits per heavy atom. The molecular formula is C18H26ClNOS. The van der Waals surface area contributed by atoms with Gasteiger partial charge in [-0.3, -0.25) is 4.79 Å². The van der Waals surface area contributed by atoms with E-state index in [-0.39, 0.29) is 16.7 Å². The number of nitrogens with zero attached hydrogens (tertiary/aromatic N) is 1. The van der Waals surface area contributed by atoms with Gasteiger partial charge in [-0.2, -0.15) is 0 Å². The smallest absolute Gasteiger partial charge is 0.224 e. The summed E-state index contributed by atoms with van der Waals surface area (Å²) in [6.07, 6.45) is 1.70. The van der Waals surface area contributed by atoms with E-state index < -0.39 is 0 Å². The van der Waals surface area contributed by atoms with Gasteiger partial charge < -0.3 is 4.90 Å². The summed E-state index contributed by atoms with van der Waals surface area (Å²) < 4.78 is 0. The molecule has 1 heterocycles. The Morgan fingerprint density at radius 2 is 2.18 bits per heavy atom. The largest absolute Gasteiger partial charge is 0.326 e. The number of rotatable bonds is 4. The van der Waals surface area contributed by atoms with Gasteiger partial charge in [-0.15, -0.1) is 11.8 Å². The first-order chi connectivity index (χ1) is 10.3. The van der Waals surface area contributed by atoms with E-state index in [2.05, 4.69) is 33.8 Å². The minimum atomic E-state index is 0.119. The molecule has 1 saturated heterocycles. The van der Waals surface area contributed by atoms with E-state index in [0.717, 1.165) is 29.3 Å². The molecule has 0 saturated carbocycles. The van der Waals surface area contributed by atoms with Gasteiger partial charge in [0.05, 0.1) is 0 Å². The lowest BCUT2D eigenvalue weighted by Gasteiger charge is -2.28. The predicted molar refractivity (Wildman–Crippen MR) is 96.2 cm³/mol. The molecule has 0 unspecified atom stereocenters. The Balaban J connectivity index is 2.02. The van der Waals surface area contributed by atoms with Crippen molar-refractivity contribution in [2.45, 2.75) is 45.9 Å². The van der Waals surface area contributed by atoms with Crippen molar-refractivity contribution in [1.82, 2.24) is 4.90 Å². The molecule has 1 fully saturated rings. The molecule has 4 heteroatoms. The van der Waals surface area contributed by atoms with Gasteiger partial charge in [0.1, 0.15) is 5.37 Å². The lowest BCUT2D eigenvalue weighted by molar-refractivity contribution is -0.132. The monoisotopic (exact) mass is 339 g/mol. The van der Waals surface area contributed by atoms with Crippen LogP contribution in [-0.4, -0.2) is 23.1 Å². The van der Waals surface area contributed by atoms with Crippen molar-refractivity contribution < 1.29 is 4.79 Å². The number of amides is 1. The maximum absolute atomic E-state index is 12.7. The number of benzene rings is 1. The zero-order valence-corrected chi connectivity index (χ0v) is 15.5. The normalized spacial score (nSPS) is 20.2. The average Bonchev–Trinajstić information content (AvgIpc) is 2.85. The molecular weight excluding hydrogens is 314 g/mol. The Labute approximate surface area is 143 Å². The van der Waals surface area contributed by atoms with Gasteiger partial charge in [-0.1, -0.05) is 51.4 Å². The molecule has 1 aromatic carbocycles. The van der Waals surface area contributed by atoms with E-state index in [4.69, 9.17) is 11.6 Å². The van der Waals surface area contributed by atoms with Crippen molar-refractivity contribution in [2.75, 3.05) is 12.3 Å². The second kappa shape index (κ2) is 7.27. The number of carbonyl (C=O) groups excluding carboxylic acids is 1. The summed E-state index contributed by atoms with van der Waals surface area (Å²) in [5, 5.41) is 0.853. The zero-order valence-electron chi connectivity index (χ0n) is 13.9. The van der Waals surface area contributed by atoms with Crippen molar-refractivity contribution in [3.63, 3.8) is 0 Å². The van der Waals surface area contributed by atoms with Gasteiger partial charge in [-0.25, -0.2) is 0 Å². The van der Waals surface area contributed by atoms with Crippen molar-refractivity contribution in [3.8, 4) is 0 Å². The SMILES string of the molecule is C[C@H](CC(=O)N1CCS[C@H]1c1cccc(Cl)c1)CC(C)(C)C. The molecule has 0 N–H and O–H groups in total. The minimum absolute atomic E-state index is 0.119. The number of hydrogen-bond acceptors (Lipinski definition) is 2. The fourth-order valence-electron chi connectivity index (χ4n) is 3.19. The molecule has 122 valence electrons. The van der Waals surface area contributed by atoms with E-state index in [0.29, 0.717) is 12.3 Å². The van der Waals surface area contributed by atoms with Gasteiger partial charge in [0.25, 0.3) is 0 Å². The molecule has 22 heavy (non-hydrogen) atoms. The summed E-state index contributed by atoms with van der Waals surface area (Å²) in [7, 11) is 0. The summed E-state index contributed by atoms with van der Waals surface area (Å²) in [6.45, 7) is 9.71. The van der Waals surface area contributed by atoms with Crippen molar-refractivity contribution >= 4 is 29.3 Å². The maximum Gasteiger partial charge on any atom is 0.224 e. The van der Waals surface area contributed by atoms with Crippen LogP contribution in [0.25, 0.3) is 0 Å². The van der Waals surface area contributed by atoms with Gasteiger partial charge >= 0.3 is 0 Å². The number of thioether (sulfide) groups is 1. The van der Waals surface area contributed by atoms with Crippen LogP contribution in [0.2, 0.25) is 5.02 Å². The second-order valence-electron chi connectivity index (χ2n) is 7.44. The molecule has 1 aliphatic rings. The van der Waals surface area contributed by atoms with Crippen LogP contribution < -0.4 is 0 Å². The molecule has 2 rings (SSSR count). The number of hydrogen-bond donors (Lipinski definition) is 0. The summed E-state index contributed by atoms with van der Waals surface area (Å²) in [6, 6.07) is 7.88. The maximum atomic E-state index is 12.7. The third kappa shape index (κ3) is 4.92. The van der Waals surface area contributed by atoms with E-state index in [1.165, 1.54) is 0 Å². The standard InChI is InChI=1S/C18H26ClNOS/c1-13(12-18(2,3)4)10-16(21)20-8-9-22-17(20)14-6-5-7-15(19)11-14/h5-7,11,13,17H,8-10,12H2,1-4H3/t13-,17+/m1/s1. The van der Waals surface area contributed by atoms with Crippen LogP contribution >= 0.6 is 23.4 Å². The fourth-order valence-corrected chi connectivity index (χ4v) is 4.66. The Hall–Kier alpha value is -0.670. The second-order valence-corrected chi connectivity index (χ2v) is 9.06. The van der Waals surface area contributed by atoms with Crippen LogP contribution in [0, 0.1) is 11.3 Å². The van der Waals surface area contributed by atoms with Crippen LogP contribution in [0.15, 0.2) is 24.3 Å². The molecule has 2 nitrogen and oxygen atoms in total. The molecule has 2 atom stereocenters. The third-order valence-electron chi connectivity index (χ3n) is 3.83. The first-order valence-corrected chi connectivity index (χ1v) is 9.35. The van der Waals surface area contributed by atoms with E-state index >= 15 is 0 Å². The quantitative estimate of drug-likeness (QED) is 0.734. The van der Waals surface area contributed by atoms with Crippen LogP contribution in [0.5, 0.6) is 0 Å². The van der Waals surface area contributed by atoms with E-state index in [1.807, 2.05) is 34.9 Å². The molecule has 0 radical (unpaired) electrons. The lowest BCUT2D eigenvalue weighted by Crippen LogP contribution is -2.32. The van der Waals surface area contributed by atoms with Gasteiger partial charge in [0.2, 0.25) is 5.91 Å². The average molecular weight is 340 g/mol. The highest BCUT2D eigenvalue weighted by molar-refractivity contribution is 7.99. The molecule has 0 aromatic heterocycles. The van der Waals surface area contributed by atoms with E-state index in [1.54, 1.807) is 0 Å². The highest BCUT2D eigenvalue weighted by Crippen LogP contribution is 2.39. The predicted octanol–water partition coefficient (Wildman–Crippen LogP) is 5.38. The van der Waals surface area contributed by atoms with Gasteiger partial charge in [0.15, 0.2) is 0 Å². The Morgan fingerprint density at radius 3 is 2.82 bits per heavy atom. The lowest BCUT2D eigenvalue weighted by atomic mass is 9.84. The van der Waals surface area contributed by atoms with Crippen molar-refractivity contribution in [1.29, 1.82) is 0 Å². The van der Waals surface area contributed by atoms with Crippen LogP contribution in [0.1, 0.15) is 51.5 Å². The fraction of sp³-hybridized carbons (Fsp3) is 0.611. The molecule has 1 aromatic rings. The highest BCUT2D eigenvalue weighted by atomic mass is 35.5. The number of halogens is 1. The van der Waals surface area contributed by atoms with Crippen LogP contribution in [0.3, 0.4) is 0 Å². The summed E-state index contributed by atoms with van der Waals surface area (Å²) >= 11 is 7.92. The zero-order chi connectivity index (χ0) is 16.3. The Kier molecular flexibility index (Phi) is 5.84. The molecule has 1 amide bonds. The molecule has 0 aliphatic carbocycles. The Bertz CT molecular complexity index is 526. The summed E-state index contributed by atoms with van der Waals surface area (Å²) in [5.41, 5.74) is 1.40. The molecule has 0 spiro atoms. The summed E-state index contributed by atoms with van der Waals surface area (Å²) in [4.78, 5) is 14.7. The van der Waals surface area contributed by atoms with E-state index in [9.17, 15) is 4.79 Å². The van der Waals surface area contributed by atoms with Crippen molar-refractivity contribution in [3.05, 3.63) is 34.9 Å². The first-order valence-electron chi connectivity index (χ1n) is 7.93. The minimum Gasteiger partial charge on any atom is -0.326 e. The van der Waals surface area contributed by atoms with Crippen molar-refractivity contribution in [2.24, 2.45) is 11.3 Å². The van der Waals surface area contributed by atoms with Gasteiger partial charge in [-0.05, 0) is 35.4 Å². The molecule has 1 aliphatic heterocycles. The topological polar surface area (TPSA) is 20.3 Å². The third-order valence-corrected chi connectivity index (χ3v) is 5.32. The summed E-state index contributed by atoms with van der Waals surface area (Å²) in [5.74, 6) is 1.68. The van der Waals surface area contributed by atoms with Crippen LogP contribution in [0.4, 0.5) is 0 Å². The van der Waals surface area contributed by atoms with Gasteiger partial charge in [0, 0.05) is 23.7 Å². The highest BCUT2D eigenvalue weighted by Gasteiger charge is 2.31.